The number of amides is 4. The van der Waals surface area contributed by atoms with Crippen LogP contribution in [0.25, 0.3) is 0 Å². The Morgan fingerprint density at radius 1 is 0.970 bits per heavy atom. The first-order chi connectivity index (χ1) is 15.8. The summed E-state index contributed by atoms with van der Waals surface area (Å²) in [4.78, 5) is 25.2. The molecule has 2 aromatic carbocycles. The third-order valence-electron chi connectivity index (χ3n) is 5.21. The lowest BCUT2D eigenvalue weighted by Gasteiger charge is -2.27. The van der Waals surface area contributed by atoms with E-state index in [0.717, 1.165) is 11.1 Å². The van der Waals surface area contributed by atoms with E-state index >= 15 is 0 Å². The molecule has 0 saturated heterocycles. The molecule has 2 aromatic rings. The van der Waals surface area contributed by atoms with E-state index in [1.165, 1.54) is 17.4 Å². The number of carbonyl (C=O) groups excluding carboxylic acids is 2. The summed E-state index contributed by atoms with van der Waals surface area (Å²) in [7, 11) is 0. The van der Waals surface area contributed by atoms with E-state index in [0.29, 0.717) is 37.7 Å². The largest absolute Gasteiger partial charge is 0.500 e. The number of carbonyl (C=O) groups is 2. The molecular weight excluding hydrogens is 420 g/mol. The maximum atomic E-state index is 11.9. The van der Waals surface area contributed by atoms with Crippen LogP contribution in [0.5, 0.6) is 0 Å². The van der Waals surface area contributed by atoms with Crippen molar-refractivity contribution in [1.29, 1.82) is 0 Å². The van der Waals surface area contributed by atoms with Crippen molar-refractivity contribution < 1.29 is 19.1 Å². The van der Waals surface area contributed by atoms with E-state index in [1.807, 2.05) is 48.5 Å². The van der Waals surface area contributed by atoms with Gasteiger partial charge in [-0.1, -0.05) is 51.3 Å². The number of rotatable bonds is 12. The molecule has 8 heteroatoms. The molecule has 0 aliphatic rings. The van der Waals surface area contributed by atoms with Gasteiger partial charge in [0.25, 0.3) is 0 Å². The highest BCUT2D eigenvalue weighted by Crippen LogP contribution is 2.33. The van der Waals surface area contributed by atoms with Crippen LogP contribution in [0.1, 0.15) is 25.0 Å². The molecule has 2 rings (SSSR count). The monoisotopic (exact) mass is 452 g/mol. The van der Waals surface area contributed by atoms with Gasteiger partial charge >= 0.3 is 12.1 Å². The number of nitrogens with one attached hydrogen (secondary N) is 2. The van der Waals surface area contributed by atoms with Crippen LogP contribution in [0.4, 0.5) is 21.0 Å². The molecule has 0 unspecified atom stereocenters. The number of hydrogen-bond donors (Lipinski definition) is 3. The Balaban J connectivity index is 2.06. The highest BCUT2D eigenvalue weighted by atomic mass is 16.5. The quantitative estimate of drug-likeness (QED) is 0.329. The second-order valence-corrected chi connectivity index (χ2v) is 7.69. The molecule has 0 aliphatic heterocycles. The number of benzene rings is 2. The number of hydrogen-bond acceptors (Lipinski definition) is 4. The van der Waals surface area contributed by atoms with Gasteiger partial charge in [0.05, 0.1) is 25.6 Å². The van der Waals surface area contributed by atoms with Crippen molar-refractivity contribution in [1.82, 2.24) is 5.32 Å². The zero-order valence-electron chi connectivity index (χ0n) is 19.2. The van der Waals surface area contributed by atoms with Crippen molar-refractivity contribution in [2.75, 3.05) is 36.5 Å². The van der Waals surface area contributed by atoms with Gasteiger partial charge in [-0.05, 0) is 35.4 Å². The molecule has 0 spiro atoms. The van der Waals surface area contributed by atoms with Gasteiger partial charge in [-0.25, -0.2) is 9.59 Å². The Hall–Kier alpha value is -3.94. The molecule has 0 bridgehead atoms. The summed E-state index contributed by atoms with van der Waals surface area (Å²) in [5.74, 6) is 0. The summed E-state index contributed by atoms with van der Waals surface area (Å²) in [5.41, 5.74) is 8.74. The minimum absolute atomic E-state index is 0.301. The maximum Gasteiger partial charge on any atom is 0.319 e. The van der Waals surface area contributed by atoms with Crippen LogP contribution in [-0.4, -0.2) is 38.4 Å². The van der Waals surface area contributed by atoms with Gasteiger partial charge in [0, 0.05) is 16.8 Å². The molecule has 0 heterocycles. The first-order valence-electron chi connectivity index (χ1n) is 10.6. The van der Waals surface area contributed by atoms with Crippen LogP contribution in [0.2, 0.25) is 0 Å². The lowest BCUT2D eigenvalue weighted by molar-refractivity contribution is 0.234. The molecule has 8 nitrogen and oxygen atoms in total. The van der Waals surface area contributed by atoms with Crippen molar-refractivity contribution in [3.05, 3.63) is 85.3 Å². The van der Waals surface area contributed by atoms with Crippen LogP contribution in [0.3, 0.4) is 0 Å². The second kappa shape index (κ2) is 12.2. The predicted octanol–water partition coefficient (Wildman–Crippen LogP) is 4.34. The van der Waals surface area contributed by atoms with E-state index in [2.05, 4.69) is 37.6 Å². The Kier molecular flexibility index (Phi) is 9.35. The van der Waals surface area contributed by atoms with Gasteiger partial charge in [-0.2, -0.15) is 0 Å². The van der Waals surface area contributed by atoms with Crippen molar-refractivity contribution in [3.8, 4) is 0 Å². The Bertz CT molecular complexity index is 940. The number of anilines is 2. The fourth-order valence-electron chi connectivity index (χ4n) is 3.27. The molecule has 0 saturated carbocycles. The van der Waals surface area contributed by atoms with Gasteiger partial charge in [-0.3, -0.25) is 4.90 Å². The van der Waals surface area contributed by atoms with Crippen LogP contribution >= 0.6 is 0 Å². The van der Waals surface area contributed by atoms with Crippen molar-refractivity contribution in [2.24, 2.45) is 5.73 Å². The highest BCUT2D eigenvalue weighted by molar-refractivity contribution is 5.90. The summed E-state index contributed by atoms with van der Waals surface area (Å²) < 4.78 is 10.1. The predicted molar refractivity (Wildman–Crippen MR) is 131 cm³/mol. The molecule has 4 N–H and O–H groups in total. The number of urea groups is 2. The van der Waals surface area contributed by atoms with Gasteiger partial charge in [0.2, 0.25) is 0 Å². The van der Waals surface area contributed by atoms with Gasteiger partial charge in [0.1, 0.15) is 13.2 Å². The summed E-state index contributed by atoms with van der Waals surface area (Å²) in [6.07, 6.45) is 2.66. The van der Waals surface area contributed by atoms with Gasteiger partial charge < -0.3 is 25.8 Å². The average molecular weight is 453 g/mol. The minimum Gasteiger partial charge on any atom is -0.500 e. The van der Waals surface area contributed by atoms with Crippen LogP contribution in [-0.2, 0) is 14.9 Å². The third kappa shape index (κ3) is 7.31. The molecule has 0 aliphatic carbocycles. The lowest BCUT2D eigenvalue weighted by Crippen LogP contribution is -2.38. The molecule has 0 radical (unpaired) electrons. The topological polar surface area (TPSA) is 106 Å². The number of nitrogens with two attached hydrogens (primary N) is 1. The highest BCUT2D eigenvalue weighted by Gasteiger charge is 2.24. The first-order valence-corrected chi connectivity index (χ1v) is 10.6. The Morgan fingerprint density at radius 2 is 1.52 bits per heavy atom. The first kappa shape index (κ1) is 25.3. The zero-order chi connectivity index (χ0) is 24.3. The van der Waals surface area contributed by atoms with E-state index in [-0.39, 0.29) is 11.4 Å². The SMILES string of the molecule is C=COCCNC(=O)Nc1ccc(C(C)(C)c2ccc(N(CCOC=C)C(N)=O)cc2)cc1. The van der Waals surface area contributed by atoms with Gasteiger partial charge in [-0.15, -0.1) is 0 Å². The van der Waals surface area contributed by atoms with E-state index in [1.54, 1.807) is 0 Å². The average Bonchev–Trinajstić information content (AvgIpc) is 2.80. The standard InChI is InChI=1S/C25H32N4O4/c1-5-32-17-15-27-24(31)28-21-11-7-19(8-12-21)25(3,4)20-9-13-22(14-10-20)29(23(26)30)16-18-33-6-2/h5-14H,1-2,15-18H2,3-4H3,(H2,26,30)(H2,27,28,31). The number of primary amides is 1. The fraction of sp³-hybridized carbons (Fsp3) is 0.280. The van der Waals surface area contributed by atoms with E-state index in [4.69, 9.17) is 15.2 Å². The van der Waals surface area contributed by atoms with Crippen LogP contribution in [0, 0.1) is 0 Å². The summed E-state index contributed by atoms with van der Waals surface area (Å²) >= 11 is 0. The molecule has 0 fully saturated rings. The minimum atomic E-state index is -0.546. The summed E-state index contributed by atoms with van der Waals surface area (Å²) in [5, 5.41) is 5.49. The third-order valence-corrected chi connectivity index (χ3v) is 5.21. The Morgan fingerprint density at radius 3 is 2.06 bits per heavy atom. The fourth-order valence-corrected chi connectivity index (χ4v) is 3.27. The summed E-state index contributed by atoms with van der Waals surface area (Å²) in [6.45, 7) is 12.5. The van der Waals surface area contributed by atoms with Crippen molar-refractivity contribution in [3.63, 3.8) is 0 Å². The van der Waals surface area contributed by atoms with Gasteiger partial charge in [0.15, 0.2) is 0 Å². The summed E-state index contributed by atoms with van der Waals surface area (Å²) in [6, 6.07) is 14.5. The molecule has 33 heavy (non-hydrogen) atoms. The van der Waals surface area contributed by atoms with Crippen molar-refractivity contribution >= 4 is 23.4 Å². The molecule has 4 amide bonds. The molecule has 176 valence electrons. The molecule has 0 atom stereocenters. The normalized spacial score (nSPS) is 10.6. The van der Waals surface area contributed by atoms with Crippen molar-refractivity contribution in [2.45, 2.75) is 19.3 Å². The number of ether oxygens (including phenoxy) is 2. The Labute approximate surface area is 195 Å². The van der Waals surface area contributed by atoms with E-state index < -0.39 is 6.03 Å². The number of nitrogens with zero attached hydrogens (tertiary/aromatic N) is 1. The lowest BCUT2D eigenvalue weighted by atomic mass is 9.78. The van der Waals surface area contributed by atoms with Crippen LogP contribution < -0.4 is 21.3 Å². The zero-order valence-corrected chi connectivity index (χ0v) is 19.2. The van der Waals surface area contributed by atoms with E-state index in [9.17, 15) is 9.59 Å². The second-order valence-electron chi connectivity index (χ2n) is 7.69. The molecular formula is C25H32N4O4. The molecule has 0 aromatic heterocycles. The smallest absolute Gasteiger partial charge is 0.319 e. The maximum absolute atomic E-state index is 11.9. The van der Waals surface area contributed by atoms with Crippen LogP contribution in [0.15, 0.2) is 74.2 Å².